The number of aryl methyl sites for hydroxylation is 2. The molecule has 0 bridgehead atoms. The van der Waals surface area contributed by atoms with Crippen molar-refractivity contribution in [1.29, 1.82) is 0 Å². The van der Waals surface area contributed by atoms with Crippen LogP contribution in [0.2, 0.25) is 0 Å². The highest BCUT2D eigenvalue weighted by Crippen LogP contribution is 2.28. The molecular weight excluding hydrogens is 312 g/mol. The van der Waals surface area contributed by atoms with Gasteiger partial charge in [0.25, 0.3) is 5.91 Å². The Labute approximate surface area is 137 Å². The Morgan fingerprint density at radius 3 is 2.87 bits per heavy atom. The van der Waals surface area contributed by atoms with E-state index in [1.165, 1.54) is 11.3 Å². The van der Waals surface area contributed by atoms with E-state index in [0.717, 1.165) is 41.2 Å². The highest BCUT2D eigenvalue weighted by molar-refractivity contribution is 7.20. The molecule has 1 amide bonds. The molecule has 4 heterocycles. The zero-order valence-electron chi connectivity index (χ0n) is 13.3. The van der Waals surface area contributed by atoms with E-state index in [1.807, 2.05) is 35.5 Å². The molecule has 0 unspecified atom stereocenters. The van der Waals surface area contributed by atoms with E-state index in [1.54, 1.807) is 0 Å². The van der Waals surface area contributed by atoms with E-state index in [4.69, 9.17) is 0 Å². The van der Waals surface area contributed by atoms with Gasteiger partial charge in [-0.25, -0.2) is 0 Å². The van der Waals surface area contributed by atoms with Gasteiger partial charge in [-0.1, -0.05) is 0 Å². The number of thiophene rings is 1. The first kappa shape index (κ1) is 14.4. The zero-order valence-corrected chi connectivity index (χ0v) is 14.1. The number of carbonyl (C=O) groups excluding carboxylic acids is 1. The molecule has 120 valence electrons. The number of carbonyl (C=O) groups is 1. The standard InChI is InChI=1S/C15H18N6OS/c1-9-11-7-12(23-15(11)20(3)17-9)14(22)16-13-6-10-8-19(2)4-5-21(10)18-13/h6-7H,4-5,8H2,1-3H3,(H,16,18,22). The van der Waals surface area contributed by atoms with Gasteiger partial charge in [0.05, 0.1) is 22.8 Å². The second-order valence-electron chi connectivity index (χ2n) is 5.97. The largest absolute Gasteiger partial charge is 0.304 e. The lowest BCUT2D eigenvalue weighted by Crippen LogP contribution is -2.30. The molecule has 0 aliphatic carbocycles. The Morgan fingerprint density at radius 2 is 2.09 bits per heavy atom. The number of nitrogens with zero attached hydrogens (tertiary/aromatic N) is 5. The Hall–Kier alpha value is -2.19. The number of amides is 1. The van der Waals surface area contributed by atoms with E-state index in [0.29, 0.717) is 10.7 Å². The average Bonchev–Trinajstić information content (AvgIpc) is 3.15. The molecule has 8 heteroatoms. The lowest BCUT2D eigenvalue weighted by atomic mass is 10.3. The zero-order chi connectivity index (χ0) is 16.1. The number of aromatic nitrogens is 4. The number of hydrogen-bond donors (Lipinski definition) is 1. The van der Waals surface area contributed by atoms with Crippen molar-refractivity contribution in [1.82, 2.24) is 24.5 Å². The maximum absolute atomic E-state index is 12.5. The maximum atomic E-state index is 12.5. The van der Waals surface area contributed by atoms with Crippen LogP contribution in [0, 0.1) is 6.92 Å². The molecule has 4 rings (SSSR count). The molecule has 0 saturated heterocycles. The van der Waals surface area contributed by atoms with Crippen molar-refractivity contribution in [3.8, 4) is 0 Å². The van der Waals surface area contributed by atoms with Gasteiger partial charge in [-0.05, 0) is 20.0 Å². The highest BCUT2D eigenvalue weighted by Gasteiger charge is 2.19. The van der Waals surface area contributed by atoms with Crippen LogP contribution in [-0.4, -0.2) is 44.0 Å². The first-order valence-corrected chi connectivity index (χ1v) is 8.32. The smallest absolute Gasteiger partial charge is 0.267 e. The van der Waals surface area contributed by atoms with Crippen molar-refractivity contribution < 1.29 is 4.79 Å². The van der Waals surface area contributed by atoms with Crippen LogP contribution < -0.4 is 5.32 Å². The molecule has 0 radical (unpaired) electrons. The second kappa shape index (κ2) is 5.17. The van der Waals surface area contributed by atoms with Crippen molar-refractivity contribution in [2.75, 3.05) is 18.9 Å². The van der Waals surface area contributed by atoms with Crippen molar-refractivity contribution >= 4 is 33.3 Å². The van der Waals surface area contributed by atoms with Crippen LogP contribution >= 0.6 is 11.3 Å². The minimum atomic E-state index is -0.116. The van der Waals surface area contributed by atoms with Gasteiger partial charge in [-0.15, -0.1) is 11.3 Å². The van der Waals surface area contributed by atoms with Crippen molar-refractivity contribution in [2.45, 2.75) is 20.0 Å². The van der Waals surface area contributed by atoms with Crippen LogP contribution in [0.15, 0.2) is 12.1 Å². The van der Waals surface area contributed by atoms with Crippen LogP contribution in [0.4, 0.5) is 5.82 Å². The molecule has 1 aliphatic heterocycles. The summed E-state index contributed by atoms with van der Waals surface area (Å²) < 4.78 is 3.78. The molecule has 1 aliphatic rings. The molecule has 0 aromatic carbocycles. The number of fused-ring (bicyclic) bond motifs is 2. The summed E-state index contributed by atoms with van der Waals surface area (Å²) in [6.07, 6.45) is 0. The third kappa shape index (κ3) is 2.43. The van der Waals surface area contributed by atoms with Gasteiger partial charge in [-0.2, -0.15) is 10.2 Å². The summed E-state index contributed by atoms with van der Waals surface area (Å²) in [5, 5.41) is 12.8. The van der Waals surface area contributed by atoms with Crippen molar-refractivity contribution in [3.63, 3.8) is 0 Å². The molecule has 1 N–H and O–H groups in total. The summed E-state index contributed by atoms with van der Waals surface area (Å²) in [6.45, 7) is 4.65. The molecule has 3 aromatic rings. The number of hydrogen-bond acceptors (Lipinski definition) is 5. The quantitative estimate of drug-likeness (QED) is 0.778. The van der Waals surface area contributed by atoms with Gasteiger partial charge in [-0.3, -0.25) is 19.1 Å². The highest BCUT2D eigenvalue weighted by atomic mass is 32.1. The fourth-order valence-electron chi connectivity index (χ4n) is 2.95. The van der Waals surface area contributed by atoms with Gasteiger partial charge in [0.2, 0.25) is 0 Å². The summed E-state index contributed by atoms with van der Waals surface area (Å²) in [4.78, 5) is 16.4. The van der Waals surface area contributed by atoms with Crippen LogP contribution in [0.1, 0.15) is 21.1 Å². The predicted molar refractivity (Wildman–Crippen MR) is 89.8 cm³/mol. The van der Waals surface area contributed by atoms with Crippen molar-refractivity contribution in [3.05, 3.63) is 28.4 Å². The lowest BCUT2D eigenvalue weighted by molar-refractivity contribution is 0.103. The van der Waals surface area contributed by atoms with Gasteiger partial charge >= 0.3 is 0 Å². The Balaban J connectivity index is 1.58. The van der Waals surface area contributed by atoms with Gasteiger partial charge in [0.15, 0.2) is 5.82 Å². The van der Waals surface area contributed by atoms with E-state index in [2.05, 4.69) is 27.5 Å². The monoisotopic (exact) mass is 330 g/mol. The number of nitrogens with one attached hydrogen (secondary N) is 1. The Kier molecular flexibility index (Phi) is 3.24. The molecule has 0 fully saturated rings. The van der Waals surface area contributed by atoms with Gasteiger partial charge in [0, 0.05) is 31.6 Å². The maximum Gasteiger partial charge on any atom is 0.267 e. The Morgan fingerprint density at radius 1 is 1.26 bits per heavy atom. The van der Waals surface area contributed by atoms with E-state index in [9.17, 15) is 4.79 Å². The van der Waals surface area contributed by atoms with Gasteiger partial charge < -0.3 is 5.32 Å². The number of rotatable bonds is 2. The fourth-order valence-corrected chi connectivity index (χ4v) is 3.97. The minimum absolute atomic E-state index is 0.116. The number of anilines is 1. The molecule has 23 heavy (non-hydrogen) atoms. The van der Waals surface area contributed by atoms with Crippen LogP contribution in [0.5, 0.6) is 0 Å². The van der Waals surface area contributed by atoms with E-state index < -0.39 is 0 Å². The minimum Gasteiger partial charge on any atom is -0.304 e. The van der Waals surface area contributed by atoms with Crippen LogP contribution in [-0.2, 0) is 20.1 Å². The summed E-state index contributed by atoms with van der Waals surface area (Å²) >= 11 is 1.45. The average molecular weight is 330 g/mol. The van der Waals surface area contributed by atoms with E-state index >= 15 is 0 Å². The second-order valence-corrected chi connectivity index (χ2v) is 7.01. The SMILES string of the molecule is Cc1nn(C)c2sc(C(=O)Nc3cc4n(n3)CCN(C)C4)cc12. The lowest BCUT2D eigenvalue weighted by Gasteiger charge is -2.22. The summed E-state index contributed by atoms with van der Waals surface area (Å²) in [6, 6.07) is 3.86. The molecular formula is C15H18N6OS. The van der Waals surface area contributed by atoms with Crippen LogP contribution in [0.3, 0.4) is 0 Å². The summed E-state index contributed by atoms with van der Waals surface area (Å²) in [5.74, 6) is 0.502. The summed E-state index contributed by atoms with van der Waals surface area (Å²) in [5.41, 5.74) is 2.07. The van der Waals surface area contributed by atoms with E-state index in [-0.39, 0.29) is 5.91 Å². The third-order valence-electron chi connectivity index (χ3n) is 4.15. The molecule has 7 nitrogen and oxygen atoms in total. The Bertz CT molecular complexity index is 870. The normalized spacial score (nSPS) is 15.1. The third-order valence-corrected chi connectivity index (χ3v) is 5.35. The van der Waals surface area contributed by atoms with Gasteiger partial charge in [0.1, 0.15) is 4.83 Å². The molecule has 0 atom stereocenters. The first-order valence-electron chi connectivity index (χ1n) is 7.51. The molecule has 0 saturated carbocycles. The van der Waals surface area contributed by atoms with Crippen LogP contribution in [0.25, 0.3) is 10.2 Å². The predicted octanol–water partition coefficient (Wildman–Crippen LogP) is 1.84. The number of likely N-dealkylation sites (N-methyl/N-ethyl adjacent to an activating group) is 1. The summed E-state index contributed by atoms with van der Waals surface area (Å²) in [7, 11) is 3.98. The van der Waals surface area contributed by atoms with Crippen molar-refractivity contribution in [2.24, 2.45) is 7.05 Å². The molecule has 0 spiro atoms. The molecule has 3 aromatic heterocycles. The fraction of sp³-hybridized carbons (Fsp3) is 0.400. The first-order chi connectivity index (χ1) is 11.0. The topological polar surface area (TPSA) is 68.0 Å².